The highest BCUT2D eigenvalue weighted by Gasteiger charge is 2.19. The number of nitro benzene ring substituents is 1. The lowest BCUT2D eigenvalue weighted by atomic mass is 10.2. The van der Waals surface area contributed by atoms with Crippen LogP contribution >= 0.6 is 0 Å². The second-order valence-corrected chi connectivity index (χ2v) is 4.66. The zero-order chi connectivity index (χ0) is 16.8. The molecule has 7 nitrogen and oxygen atoms in total. The van der Waals surface area contributed by atoms with Crippen LogP contribution in [0.5, 0.6) is 5.75 Å². The summed E-state index contributed by atoms with van der Waals surface area (Å²) in [6, 6.07) is 14.2. The summed E-state index contributed by atoms with van der Waals surface area (Å²) in [7, 11) is 0. The van der Waals surface area contributed by atoms with Crippen molar-refractivity contribution in [2.45, 2.75) is 13.0 Å². The van der Waals surface area contributed by atoms with Crippen molar-refractivity contribution in [2.75, 3.05) is 5.32 Å². The van der Waals surface area contributed by atoms with Gasteiger partial charge in [0, 0.05) is 6.07 Å². The van der Waals surface area contributed by atoms with Gasteiger partial charge in [-0.25, -0.2) is 0 Å². The summed E-state index contributed by atoms with van der Waals surface area (Å²) < 4.78 is 5.46. The number of nitrogens with zero attached hydrogens (tertiary/aromatic N) is 2. The number of nitro groups is 1. The Kier molecular flexibility index (Phi) is 4.89. The van der Waals surface area contributed by atoms with E-state index in [2.05, 4.69) is 5.32 Å². The predicted octanol–water partition coefficient (Wildman–Crippen LogP) is 2.87. The summed E-state index contributed by atoms with van der Waals surface area (Å²) in [5.74, 6) is -0.157. The highest BCUT2D eigenvalue weighted by atomic mass is 16.6. The first-order chi connectivity index (χ1) is 11.0. The zero-order valence-corrected chi connectivity index (χ0v) is 12.2. The van der Waals surface area contributed by atoms with E-state index in [1.807, 2.05) is 6.07 Å². The first-order valence-corrected chi connectivity index (χ1v) is 6.72. The van der Waals surface area contributed by atoms with Gasteiger partial charge in [0.2, 0.25) is 0 Å². The third kappa shape index (κ3) is 4.04. The molecular weight excluding hydrogens is 298 g/mol. The molecule has 2 aromatic rings. The lowest BCUT2D eigenvalue weighted by Crippen LogP contribution is -2.30. The number of benzene rings is 2. The van der Waals surface area contributed by atoms with Crippen molar-refractivity contribution in [2.24, 2.45) is 0 Å². The summed E-state index contributed by atoms with van der Waals surface area (Å²) >= 11 is 0. The minimum Gasteiger partial charge on any atom is -0.481 e. The summed E-state index contributed by atoms with van der Waals surface area (Å²) in [5.41, 5.74) is 0.317. The van der Waals surface area contributed by atoms with Gasteiger partial charge in [-0.1, -0.05) is 18.2 Å². The number of hydrogen-bond donors (Lipinski definition) is 1. The average molecular weight is 311 g/mol. The molecule has 0 unspecified atom stereocenters. The van der Waals surface area contributed by atoms with Crippen molar-refractivity contribution in [1.29, 1.82) is 5.26 Å². The van der Waals surface area contributed by atoms with Gasteiger partial charge >= 0.3 is 0 Å². The molecule has 116 valence electrons. The molecule has 23 heavy (non-hydrogen) atoms. The van der Waals surface area contributed by atoms with Crippen LogP contribution in [0, 0.1) is 21.4 Å². The van der Waals surface area contributed by atoms with Gasteiger partial charge in [-0.15, -0.1) is 0 Å². The van der Waals surface area contributed by atoms with Crippen molar-refractivity contribution >= 4 is 17.3 Å². The molecule has 0 fully saturated rings. The Labute approximate surface area is 132 Å². The van der Waals surface area contributed by atoms with Gasteiger partial charge in [-0.2, -0.15) is 5.26 Å². The fourth-order valence-electron chi connectivity index (χ4n) is 1.87. The average Bonchev–Trinajstić information content (AvgIpc) is 2.55. The standard InChI is InChI=1S/C16H13N3O4/c1-11(23-13-6-4-5-12(9-13)10-17)16(20)18-14-7-2-3-8-15(14)19(21)22/h2-9,11H,1H3,(H,18,20)/t11-/m1/s1. The zero-order valence-electron chi connectivity index (χ0n) is 12.2. The van der Waals surface area contributed by atoms with Crippen molar-refractivity contribution in [3.63, 3.8) is 0 Å². The van der Waals surface area contributed by atoms with E-state index >= 15 is 0 Å². The van der Waals surface area contributed by atoms with Crippen LogP contribution < -0.4 is 10.1 Å². The third-order valence-corrected chi connectivity index (χ3v) is 3.00. The van der Waals surface area contributed by atoms with Gasteiger partial charge in [0.1, 0.15) is 11.4 Å². The number of anilines is 1. The third-order valence-electron chi connectivity index (χ3n) is 3.00. The van der Waals surface area contributed by atoms with Crippen LogP contribution in [0.15, 0.2) is 48.5 Å². The van der Waals surface area contributed by atoms with Crippen molar-refractivity contribution in [1.82, 2.24) is 0 Å². The molecular formula is C16H13N3O4. The molecule has 0 saturated heterocycles. The van der Waals surface area contributed by atoms with E-state index < -0.39 is 16.9 Å². The van der Waals surface area contributed by atoms with Crippen LogP contribution in [0.1, 0.15) is 12.5 Å². The molecule has 0 aliphatic heterocycles. The fourth-order valence-corrected chi connectivity index (χ4v) is 1.87. The number of nitriles is 1. The maximum Gasteiger partial charge on any atom is 0.292 e. The molecule has 1 amide bonds. The minimum atomic E-state index is -0.885. The van der Waals surface area contributed by atoms with Gasteiger partial charge in [0.15, 0.2) is 6.10 Å². The van der Waals surface area contributed by atoms with Gasteiger partial charge < -0.3 is 10.1 Å². The predicted molar refractivity (Wildman–Crippen MR) is 83.0 cm³/mol. The molecule has 0 saturated carbocycles. The van der Waals surface area contributed by atoms with Gasteiger partial charge in [-0.05, 0) is 31.2 Å². The van der Waals surface area contributed by atoms with Crippen LogP contribution in [0.2, 0.25) is 0 Å². The molecule has 0 aliphatic carbocycles. The number of nitrogens with one attached hydrogen (secondary N) is 1. The number of hydrogen-bond acceptors (Lipinski definition) is 5. The number of amides is 1. The Balaban J connectivity index is 2.09. The van der Waals surface area contributed by atoms with E-state index in [1.54, 1.807) is 24.3 Å². The molecule has 0 radical (unpaired) electrons. The van der Waals surface area contributed by atoms with Crippen molar-refractivity contribution < 1.29 is 14.5 Å². The number of para-hydroxylation sites is 2. The molecule has 7 heteroatoms. The molecule has 0 aromatic heterocycles. The molecule has 1 atom stereocenters. The Morgan fingerprint density at radius 1 is 1.30 bits per heavy atom. The molecule has 0 bridgehead atoms. The Bertz CT molecular complexity index is 783. The van der Waals surface area contributed by atoms with E-state index in [0.717, 1.165) is 0 Å². The Morgan fingerprint density at radius 3 is 2.74 bits per heavy atom. The van der Waals surface area contributed by atoms with Crippen LogP contribution in [0.25, 0.3) is 0 Å². The lowest BCUT2D eigenvalue weighted by Gasteiger charge is -2.14. The first kappa shape index (κ1) is 16.0. The highest BCUT2D eigenvalue weighted by molar-refractivity contribution is 5.96. The smallest absolute Gasteiger partial charge is 0.292 e. The topological polar surface area (TPSA) is 105 Å². The van der Waals surface area contributed by atoms with E-state index in [0.29, 0.717) is 11.3 Å². The van der Waals surface area contributed by atoms with Gasteiger partial charge in [0.25, 0.3) is 11.6 Å². The maximum absolute atomic E-state index is 12.1. The molecule has 1 N–H and O–H groups in total. The second kappa shape index (κ2) is 7.04. The molecule has 2 rings (SSSR count). The Hall–Kier alpha value is -3.40. The van der Waals surface area contributed by atoms with Crippen molar-refractivity contribution in [3.05, 3.63) is 64.2 Å². The quantitative estimate of drug-likeness (QED) is 0.675. The van der Waals surface area contributed by atoms with Crippen molar-refractivity contribution in [3.8, 4) is 11.8 Å². The molecule has 0 spiro atoms. The Morgan fingerprint density at radius 2 is 2.04 bits per heavy atom. The molecule has 2 aromatic carbocycles. The van der Waals surface area contributed by atoms with Crippen LogP contribution in [0.3, 0.4) is 0 Å². The van der Waals surface area contributed by atoms with E-state index in [-0.39, 0.29) is 11.4 Å². The largest absolute Gasteiger partial charge is 0.481 e. The highest BCUT2D eigenvalue weighted by Crippen LogP contribution is 2.23. The monoisotopic (exact) mass is 311 g/mol. The molecule has 0 heterocycles. The number of carbonyl (C=O) groups is 1. The summed E-state index contributed by atoms with van der Waals surface area (Å²) in [6.07, 6.45) is -0.885. The van der Waals surface area contributed by atoms with E-state index in [9.17, 15) is 14.9 Å². The van der Waals surface area contributed by atoms with Gasteiger partial charge in [-0.3, -0.25) is 14.9 Å². The first-order valence-electron chi connectivity index (χ1n) is 6.72. The van der Waals surface area contributed by atoms with E-state index in [4.69, 9.17) is 10.00 Å². The normalized spacial score (nSPS) is 11.1. The molecule has 0 aliphatic rings. The summed E-state index contributed by atoms with van der Waals surface area (Å²) in [6.45, 7) is 1.52. The lowest BCUT2D eigenvalue weighted by molar-refractivity contribution is -0.383. The number of rotatable bonds is 5. The maximum atomic E-state index is 12.1. The van der Waals surface area contributed by atoms with Gasteiger partial charge in [0.05, 0.1) is 16.6 Å². The number of carbonyl (C=O) groups excluding carboxylic acids is 1. The second-order valence-electron chi connectivity index (χ2n) is 4.66. The minimum absolute atomic E-state index is 0.101. The van der Waals surface area contributed by atoms with Crippen LogP contribution in [0.4, 0.5) is 11.4 Å². The summed E-state index contributed by atoms with van der Waals surface area (Å²) in [4.78, 5) is 22.5. The van der Waals surface area contributed by atoms with Crippen LogP contribution in [-0.4, -0.2) is 16.9 Å². The fraction of sp³-hybridized carbons (Fsp3) is 0.125. The number of ether oxygens (including phenoxy) is 1. The van der Waals surface area contributed by atoms with E-state index in [1.165, 1.54) is 31.2 Å². The summed E-state index contributed by atoms with van der Waals surface area (Å²) in [5, 5.41) is 22.2. The SMILES string of the molecule is C[C@@H](Oc1cccc(C#N)c1)C(=O)Nc1ccccc1[N+](=O)[O-]. The van der Waals surface area contributed by atoms with Crippen LogP contribution in [-0.2, 0) is 4.79 Å².